The summed E-state index contributed by atoms with van der Waals surface area (Å²) in [6.07, 6.45) is 1.14. The van der Waals surface area contributed by atoms with Crippen LogP contribution in [-0.4, -0.2) is 28.8 Å². The molecule has 0 heterocycles. The summed E-state index contributed by atoms with van der Waals surface area (Å²) in [5.41, 5.74) is 2.37. The largest absolute Gasteiger partial charge is 0.352 e. The molecule has 2 atom stereocenters. The van der Waals surface area contributed by atoms with Crippen molar-refractivity contribution in [2.24, 2.45) is 0 Å². The van der Waals surface area contributed by atoms with Crippen LogP contribution in [0.3, 0.4) is 0 Å². The highest BCUT2D eigenvalue weighted by atomic mass is 35.5. The van der Waals surface area contributed by atoms with Crippen LogP contribution in [0.2, 0.25) is 15.1 Å². The first-order valence-corrected chi connectivity index (χ1v) is 12.7. The van der Waals surface area contributed by atoms with Gasteiger partial charge in [-0.05, 0) is 54.3 Å². The highest BCUT2D eigenvalue weighted by Crippen LogP contribution is 2.26. The van der Waals surface area contributed by atoms with Crippen molar-refractivity contribution in [2.75, 3.05) is 0 Å². The standard InChI is InChI=1S/C28H29Cl3N2O2/c1-3-19(2)32-28(35)26(16-20-8-5-4-6-9-20)33(18-21-12-14-22(29)15-13-21)27(34)17-23-24(30)10-7-11-25(23)31/h4-15,19,26H,3,16-18H2,1-2H3,(H,32,35)/t19-,26+/m1/s1. The maximum Gasteiger partial charge on any atom is 0.243 e. The van der Waals surface area contributed by atoms with E-state index in [1.807, 2.05) is 56.3 Å². The number of carbonyl (C=O) groups excluding carboxylic acids is 2. The van der Waals surface area contributed by atoms with Crippen molar-refractivity contribution >= 4 is 46.6 Å². The Hall–Kier alpha value is -2.53. The van der Waals surface area contributed by atoms with E-state index in [1.165, 1.54) is 0 Å². The van der Waals surface area contributed by atoms with Crippen molar-refractivity contribution < 1.29 is 9.59 Å². The van der Waals surface area contributed by atoms with Gasteiger partial charge in [0.05, 0.1) is 6.42 Å². The number of rotatable bonds is 10. The lowest BCUT2D eigenvalue weighted by Crippen LogP contribution is -2.52. The molecule has 3 rings (SSSR count). The minimum Gasteiger partial charge on any atom is -0.352 e. The molecule has 0 saturated carbocycles. The molecule has 0 unspecified atom stereocenters. The SMILES string of the molecule is CC[C@@H](C)NC(=O)[C@H](Cc1ccccc1)N(Cc1ccc(Cl)cc1)C(=O)Cc1c(Cl)cccc1Cl. The Balaban J connectivity index is 2.00. The van der Waals surface area contributed by atoms with Gasteiger partial charge in [-0.15, -0.1) is 0 Å². The molecule has 1 N–H and O–H groups in total. The summed E-state index contributed by atoms with van der Waals surface area (Å²) in [4.78, 5) is 28.9. The van der Waals surface area contributed by atoms with Gasteiger partial charge in [0.1, 0.15) is 6.04 Å². The lowest BCUT2D eigenvalue weighted by molar-refractivity contribution is -0.141. The fraction of sp³-hybridized carbons (Fsp3) is 0.286. The van der Waals surface area contributed by atoms with Crippen LogP contribution in [0.4, 0.5) is 0 Å². The zero-order valence-electron chi connectivity index (χ0n) is 19.8. The van der Waals surface area contributed by atoms with E-state index in [-0.39, 0.29) is 30.8 Å². The van der Waals surface area contributed by atoms with Gasteiger partial charge in [0.15, 0.2) is 0 Å². The fourth-order valence-corrected chi connectivity index (χ4v) is 4.39. The van der Waals surface area contributed by atoms with Crippen LogP contribution >= 0.6 is 34.8 Å². The predicted octanol–water partition coefficient (Wildman–Crippen LogP) is 6.74. The third kappa shape index (κ3) is 7.73. The van der Waals surface area contributed by atoms with Gasteiger partial charge in [0, 0.05) is 34.1 Å². The van der Waals surface area contributed by atoms with Gasteiger partial charge in [0.2, 0.25) is 11.8 Å². The molecular weight excluding hydrogens is 503 g/mol. The number of halogens is 3. The number of amides is 2. The van der Waals surface area contributed by atoms with Crippen LogP contribution in [0.5, 0.6) is 0 Å². The summed E-state index contributed by atoms with van der Waals surface area (Å²) in [5.74, 6) is -0.439. The van der Waals surface area contributed by atoms with E-state index >= 15 is 0 Å². The van der Waals surface area contributed by atoms with Crippen LogP contribution in [0, 0.1) is 0 Å². The van der Waals surface area contributed by atoms with Crippen LogP contribution in [0.1, 0.15) is 37.0 Å². The molecule has 184 valence electrons. The molecule has 4 nitrogen and oxygen atoms in total. The van der Waals surface area contributed by atoms with Crippen molar-refractivity contribution in [3.8, 4) is 0 Å². The van der Waals surface area contributed by atoms with Crippen LogP contribution in [-0.2, 0) is 29.0 Å². The minimum atomic E-state index is -0.726. The molecule has 35 heavy (non-hydrogen) atoms. The highest BCUT2D eigenvalue weighted by Gasteiger charge is 2.31. The highest BCUT2D eigenvalue weighted by molar-refractivity contribution is 6.36. The smallest absolute Gasteiger partial charge is 0.243 e. The first-order valence-electron chi connectivity index (χ1n) is 11.6. The predicted molar refractivity (Wildman–Crippen MR) is 144 cm³/mol. The molecule has 0 aliphatic carbocycles. The lowest BCUT2D eigenvalue weighted by atomic mass is 10.0. The first-order chi connectivity index (χ1) is 16.8. The average molecular weight is 532 g/mol. The van der Waals surface area contributed by atoms with E-state index in [1.54, 1.807) is 35.2 Å². The molecule has 0 aliphatic rings. The number of benzene rings is 3. The normalized spacial score (nSPS) is 12.6. The topological polar surface area (TPSA) is 49.4 Å². The van der Waals surface area contributed by atoms with Gasteiger partial charge in [-0.25, -0.2) is 0 Å². The van der Waals surface area contributed by atoms with Crippen molar-refractivity contribution in [1.82, 2.24) is 10.2 Å². The number of nitrogens with zero attached hydrogens (tertiary/aromatic N) is 1. The van der Waals surface area contributed by atoms with Crippen molar-refractivity contribution in [2.45, 2.75) is 51.7 Å². The molecule has 0 spiro atoms. The number of hydrogen-bond acceptors (Lipinski definition) is 2. The zero-order chi connectivity index (χ0) is 25.4. The summed E-state index contributed by atoms with van der Waals surface area (Å²) in [6.45, 7) is 4.20. The summed E-state index contributed by atoms with van der Waals surface area (Å²) in [6, 6.07) is 21.4. The Kier molecular flexibility index (Phi) is 10.0. The van der Waals surface area contributed by atoms with Gasteiger partial charge < -0.3 is 10.2 Å². The van der Waals surface area contributed by atoms with Crippen LogP contribution < -0.4 is 5.32 Å². The third-order valence-corrected chi connectivity index (χ3v) is 6.89. The van der Waals surface area contributed by atoms with E-state index in [0.717, 1.165) is 17.5 Å². The molecule has 3 aromatic rings. The Morgan fingerprint density at radius 3 is 2.09 bits per heavy atom. The zero-order valence-corrected chi connectivity index (χ0v) is 22.1. The van der Waals surface area contributed by atoms with E-state index in [2.05, 4.69) is 5.32 Å². The molecule has 2 amide bonds. The Morgan fingerprint density at radius 2 is 1.49 bits per heavy atom. The Bertz CT molecular complexity index is 1120. The molecule has 0 aromatic heterocycles. The van der Waals surface area contributed by atoms with Crippen LogP contribution in [0.25, 0.3) is 0 Å². The molecule has 0 bridgehead atoms. The quantitative estimate of drug-likeness (QED) is 0.315. The van der Waals surface area contributed by atoms with Gasteiger partial charge in [0.25, 0.3) is 0 Å². The van der Waals surface area contributed by atoms with E-state index < -0.39 is 6.04 Å². The van der Waals surface area contributed by atoms with Crippen molar-refractivity contribution in [3.05, 3.63) is 105 Å². The monoisotopic (exact) mass is 530 g/mol. The molecule has 0 radical (unpaired) electrons. The minimum absolute atomic E-state index is 0.0198. The van der Waals surface area contributed by atoms with Crippen LogP contribution in [0.15, 0.2) is 72.8 Å². The summed E-state index contributed by atoms with van der Waals surface area (Å²) < 4.78 is 0. The molecule has 0 fully saturated rings. The van der Waals surface area contributed by atoms with E-state index in [9.17, 15) is 9.59 Å². The van der Waals surface area contributed by atoms with Gasteiger partial charge in [-0.3, -0.25) is 9.59 Å². The summed E-state index contributed by atoms with van der Waals surface area (Å²) in [7, 11) is 0. The second-order valence-electron chi connectivity index (χ2n) is 8.55. The maximum atomic E-state index is 13.8. The van der Waals surface area contributed by atoms with Crippen molar-refractivity contribution in [3.63, 3.8) is 0 Å². The molecular formula is C28H29Cl3N2O2. The Morgan fingerprint density at radius 1 is 0.857 bits per heavy atom. The number of carbonyl (C=O) groups is 2. The van der Waals surface area contributed by atoms with Gasteiger partial charge in [-0.1, -0.05) is 90.3 Å². The summed E-state index contributed by atoms with van der Waals surface area (Å²) >= 11 is 18.8. The first kappa shape index (κ1) is 27.1. The van der Waals surface area contributed by atoms with E-state index in [0.29, 0.717) is 27.1 Å². The Labute approximate surface area is 222 Å². The number of nitrogens with one attached hydrogen (secondary N) is 1. The molecule has 0 aliphatic heterocycles. The number of hydrogen-bond donors (Lipinski definition) is 1. The summed E-state index contributed by atoms with van der Waals surface area (Å²) in [5, 5.41) is 4.50. The molecule has 7 heteroatoms. The van der Waals surface area contributed by atoms with Gasteiger partial charge in [-0.2, -0.15) is 0 Å². The second kappa shape index (κ2) is 13.0. The lowest BCUT2D eigenvalue weighted by Gasteiger charge is -2.32. The second-order valence-corrected chi connectivity index (χ2v) is 9.80. The van der Waals surface area contributed by atoms with Crippen molar-refractivity contribution in [1.29, 1.82) is 0 Å². The fourth-order valence-electron chi connectivity index (χ4n) is 3.74. The third-order valence-electron chi connectivity index (χ3n) is 5.93. The molecule has 0 saturated heterocycles. The van der Waals surface area contributed by atoms with E-state index in [4.69, 9.17) is 34.8 Å². The van der Waals surface area contributed by atoms with Gasteiger partial charge >= 0.3 is 0 Å². The maximum absolute atomic E-state index is 13.8. The average Bonchev–Trinajstić information content (AvgIpc) is 2.85. The molecule has 3 aromatic carbocycles.